The van der Waals surface area contributed by atoms with Crippen LogP contribution in [-0.2, 0) is 0 Å². The van der Waals surface area contributed by atoms with E-state index in [0.29, 0.717) is 6.61 Å². The Balaban J connectivity index is 2.75. The van der Waals surface area contributed by atoms with E-state index in [0.717, 1.165) is 17.0 Å². The minimum Gasteiger partial charge on any atom is -0.490 e. The first-order valence-corrected chi connectivity index (χ1v) is 3.84. The molecule has 0 radical (unpaired) electrons. The van der Waals surface area contributed by atoms with E-state index in [-0.39, 0.29) is 0 Å². The summed E-state index contributed by atoms with van der Waals surface area (Å²) in [6.45, 7) is 6.05. The van der Waals surface area contributed by atoms with Gasteiger partial charge in [0.2, 0.25) is 0 Å². The lowest BCUT2D eigenvalue weighted by molar-refractivity contribution is 0.363. The Morgan fingerprint density at radius 2 is 2.33 bits per heavy atom. The van der Waals surface area contributed by atoms with Crippen molar-refractivity contribution in [2.75, 3.05) is 12.3 Å². The maximum Gasteiger partial charge on any atom is 0.120 e. The van der Waals surface area contributed by atoms with Gasteiger partial charge in [-0.15, -0.1) is 0 Å². The molecular formula is C10H13NO. The Kier molecular flexibility index (Phi) is 2.75. The zero-order chi connectivity index (χ0) is 8.97. The second kappa shape index (κ2) is 3.81. The summed E-state index contributed by atoms with van der Waals surface area (Å²) >= 11 is 0. The van der Waals surface area contributed by atoms with Crippen LogP contribution in [0.4, 0.5) is 5.69 Å². The van der Waals surface area contributed by atoms with Gasteiger partial charge >= 0.3 is 0 Å². The molecule has 0 amide bonds. The minimum atomic E-state index is 0.531. The van der Waals surface area contributed by atoms with Crippen LogP contribution in [0.2, 0.25) is 0 Å². The summed E-state index contributed by atoms with van der Waals surface area (Å²) in [7, 11) is 0. The lowest BCUT2D eigenvalue weighted by Crippen LogP contribution is -1.94. The van der Waals surface area contributed by atoms with Gasteiger partial charge in [0.1, 0.15) is 12.4 Å². The first kappa shape index (κ1) is 8.65. The molecule has 0 heterocycles. The first-order chi connectivity index (χ1) is 5.74. The summed E-state index contributed by atoms with van der Waals surface area (Å²) in [5.74, 6) is 0.835. The Bertz CT molecular complexity index is 281. The van der Waals surface area contributed by atoms with Crippen LogP contribution < -0.4 is 10.5 Å². The summed E-state index contributed by atoms with van der Waals surface area (Å²) in [5, 5.41) is 0. The van der Waals surface area contributed by atoms with Gasteiger partial charge in [0.25, 0.3) is 0 Å². The molecular weight excluding hydrogens is 150 g/mol. The van der Waals surface area contributed by atoms with Crippen LogP contribution in [-0.4, -0.2) is 6.61 Å². The van der Waals surface area contributed by atoms with Gasteiger partial charge in [-0.3, -0.25) is 0 Å². The van der Waals surface area contributed by atoms with Crippen LogP contribution in [0.5, 0.6) is 5.75 Å². The number of hydrogen-bond donors (Lipinski definition) is 1. The van der Waals surface area contributed by atoms with E-state index in [1.54, 1.807) is 6.08 Å². The molecule has 0 aromatic heterocycles. The van der Waals surface area contributed by atoms with Crippen LogP contribution in [0.1, 0.15) is 5.56 Å². The number of ether oxygens (including phenoxy) is 1. The molecule has 0 unspecified atom stereocenters. The zero-order valence-electron chi connectivity index (χ0n) is 7.21. The molecule has 1 aromatic carbocycles. The first-order valence-electron chi connectivity index (χ1n) is 3.84. The predicted molar refractivity (Wildman–Crippen MR) is 51.3 cm³/mol. The van der Waals surface area contributed by atoms with E-state index in [9.17, 15) is 0 Å². The monoisotopic (exact) mass is 163 g/mol. The quantitative estimate of drug-likeness (QED) is 0.547. The number of hydrogen-bond acceptors (Lipinski definition) is 2. The smallest absolute Gasteiger partial charge is 0.120 e. The van der Waals surface area contributed by atoms with Gasteiger partial charge < -0.3 is 10.5 Å². The summed E-state index contributed by atoms with van der Waals surface area (Å²) in [4.78, 5) is 0. The van der Waals surface area contributed by atoms with Crippen molar-refractivity contribution >= 4 is 5.69 Å². The Morgan fingerprint density at radius 1 is 1.58 bits per heavy atom. The molecule has 1 aromatic rings. The number of benzene rings is 1. The van der Waals surface area contributed by atoms with Crippen molar-refractivity contribution in [3.05, 3.63) is 36.4 Å². The largest absolute Gasteiger partial charge is 0.490 e. The van der Waals surface area contributed by atoms with Gasteiger partial charge in [-0.1, -0.05) is 12.7 Å². The summed E-state index contributed by atoms with van der Waals surface area (Å²) in [6.07, 6.45) is 1.71. The van der Waals surface area contributed by atoms with Crippen molar-refractivity contribution in [1.29, 1.82) is 0 Å². The summed E-state index contributed by atoms with van der Waals surface area (Å²) < 4.78 is 5.32. The van der Waals surface area contributed by atoms with E-state index >= 15 is 0 Å². The lowest BCUT2D eigenvalue weighted by Gasteiger charge is -2.05. The van der Waals surface area contributed by atoms with E-state index < -0.39 is 0 Å². The van der Waals surface area contributed by atoms with Crippen LogP contribution in [0.25, 0.3) is 0 Å². The van der Waals surface area contributed by atoms with E-state index in [2.05, 4.69) is 6.58 Å². The van der Waals surface area contributed by atoms with E-state index in [1.807, 2.05) is 25.1 Å². The molecule has 0 bridgehead atoms. The second-order valence-corrected chi connectivity index (χ2v) is 2.62. The van der Waals surface area contributed by atoms with Gasteiger partial charge in [0, 0.05) is 5.69 Å². The van der Waals surface area contributed by atoms with Crippen molar-refractivity contribution in [3.63, 3.8) is 0 Å². The average Bonchev–Trinajstić information content (AvgIpc) is 2.07. The molecule has 12 heavy (non-hydrogen) atoms. The molecule has 0 saturated carbocycles. The fourth-order valence-electron chi connectivity index (χ4n) is 0.893. The molecule has 0 aliphatic rings. The number of anilines is 1. The lowest BCUT2D eigenvalue weighted by atomic mass is 10.2. The fourth-order valence-corrected chi connectivity index (χ4v) is 0.893. The third-order valence-corrected chi connectivity index (χ3v) is 1.61. The zero-order valence-corrected chi connectivity index (χ0v) is 7.21. The van der Waals surface area contributed by atoms with Gasteiger partial charge in [-0.05, 0) is 30.7 Å². The van der Waals surface area contributed by atoms with Crippen molar-refractivity contribution in [2.45, 2.75) is 6.92 Å². The Labute approximate surface area is 72.7 Å². The Hall–Kier alpha value is -1.44. The van der Waals surface area contributed by atoms with Gasteiger partial charge in [0.15, 0.2) is 0 Å². The molecule has 64 valence electrons. The standard InChI is InChI=1S/C10H13NO/c1-3-6-12-9-4-5-10(11)8(2)7-9/h3-5,7H,1,6,11H2,2H3. The number of nitrogen functional groups attached to an aromatic ring is 1. The minimum absolute atomic E-state index is 0.531. The summed E-state index contributed by atoms with van der Waals surface area (Å²) in [6, 6.07) is 5.61. The molecule has 0 atom stereocenters. The molecule has 2 nitrogen and oxygen atoms in total. The summed E-state index contributed by atoms with van der Waals surface area (Å²) in [5.41, 5.74) is 7.47. The average molecular weight is 163 g/mol. The molecule has 0 spiro atoms. The highest BCUT2D eigenvalue weighted by molar-refractivity contribution is 5.49. The number of aryl methyl sites for hydroxylation is 1. The van der Waals surface area contributed by atoms with Crippen molar-refractivity contribution < 1.29 is 4.74 Å². The maximum absolute atomic E-state index is 5.64. The molecule has 0 aliphatic carbocycles. The highest BCUT2D eigenvalue weighted by Gasteiger charge is 1.95. The normalized spacial score (nSPS) is 9.42. The molecule has 2 heteroatoms. The van der Waals surface area contributed by atoms with Crippen LogP contribution in [0.15, 0.2) is 30.9 Å². The van der Waals surface area contributed by atoms with Crippen molar-refractivity contribution in [1.82, 2.24) is 0 Å². The highest BCUT2D eigenvalue weighted by Crippen LogP contribution is 2.18. The topological polar surface area (TPSA) is 35.2 Å². The predicted octanol–water partition coefficient (Wildman–Crippen LogP) is 2.14. The van der Waals surface area contributed by atoms with Gasteiger partial charge in [-0.25, -0.2) is 0 Å². The third kappa shape index (κ3) is 2.02. The molecule has 2 N–H and O–H groups in total. The van der Waals surface area contributed by atoms with E-state index in [4.69, 9.17) is 10.5 Å². The maximum atomic E-state index is 5.64. The highest BCUT2D eigenvalue weighted by atomic mass is 16.5. The van der Waals surface area contributed by atoms with Gasteiger partial charge in [-0.2, -0.15) is 0 Å². The number of rotatable bonds is 3. The molecule has 1 rings (SSSR count). The van der Waals surface area contributed by atoms with Crippen LogP contribution in [0.3, 0.4) is 0 Å². The molecule has 0 saturated heterocycles. The molecule has 0 fully saturated rings. The Morgan fingerprint density at radius 3 is 2.92 bits per heavy atom. The van der Waals surface area contributed by atoms with Crippen molar-refractivity contribution in [2.24, 2.45) is 0 Å². The second-order valence-electron chi connectivity index (χ2n) is 2.62. The van der Waals surface area contributed by atoms with Crippen molar-refractivity contribution in [3.8, 4) is 5.75 Å². The van der Waals surface area contributed by atoms with Gasteiger partial charge in [0.05, 0.1) is 0 Å². The fraction of sp³-hybridized carbons (Fsp3) is 0.200. The number of nitrogens with two attached hydrogens (primary N) is 1. The molecule has 0 aliphatic heterocycles. The van der Waals surface area contributed by atoms with E-state index in [1.165, 1.54) is 0 Å². The third-order valence-electron chi connectivity index (χ3n) is 1.61. The SMILES string of the molecule is C=CCOc1ccc(N)c(C)c1. The van der Waals surface area contributed by atoms with Crippen LogP contribution in [0, 0.1) is 6.92 Å². The van der Waals surface area contributed by atoms with Crippen LogP contribution >= 0.6 is 0 Å².